The van der Waals surface area contributed by atoms with E-state index in [2.05, 4.69) is 15.6 Å². The van der Waals surface area contributed by atoms with Crippen LogP contribution in [-0.4, -0.2) is 17.3 Å². The van der Waals surface area contributed by atoms with Crippen LogP contribution in [0.15, 0.2) is 30.3 Å². The first-order chi connectivity index (χ1) is 9.65. The number of halogens is 2. The number of nitrogens with one attached hydrogen (secondary N) is 1. The number of hydrogen-bond acceptors (Lipinski definition) is 5. The lowest BCUT2D eigenvalue weighted by Crippen LogP contribution is -2.30. The first-order valence-electron chi connectivity index (χ1n) is 5.92. The van der Waals surface area contributed by atoms with Crippen LogP contribution in [0.25, 0.3) is 0 Å². The summed E-state index contributed by atoms with van der Waals surface area (Å²) in [6.45, 7) is 0. The second kappa shape index (κ2) is 6.60. The second-order valence-corrected chi connectivity index (χ2v) is 4.51. The van der Waals surface area contributed by atoms with Crippen molar-refractivity contribution >= 4 is 11.6 Å². The van der Waals surface area contributed by atoms with E-state index in [-0.39, 0.29) is 11.1 Å². The minimum absolute atomic E-state index is 0.0919. The highest BCUT2D eigenvalue weighted by Crippen LogP contribution is 2.24. The third-order valence-corrected chi connectivity index (χ3v) is 3.31. The molecule has 0 radical (unpaired) electrons. The van der Waals surface area contributed by atoms with Crippen LogP contribution < -0.4 is 16.0 Å². The van der Waals surface area contributed by atoms with Crippen molar-refractivity contribution in [3.8, 4) is 5.88 Å². The Hall–Kier alpha value is -1.76. The number of rotatable bonds is 5. The first kappa shape index (κ1) is 14.6. The summed E-state index contributed by atoms with van der Waals surface area (Å²) in [5.41, 5.74) is 3.89. The Balaban J connectivity index is 2.21. The van der Waals surface area contributed by atoms with Gasteiger partial charge in [-0.05, 0) is 24.1 Å². The molecule has 3 N–H and O–H groups in total. The first-order valence-corrected chi connectivity index (χ1v) is 6.30. The van der Waals surface area contributed by atoms with Gasteiger partial charge in [0.25, 0.3) is 0 Å². The smallest absolute Gasteiger partial charge is 0.233 e. The molecule has 1 unspecified atom stereocenters. The Morgan fingerprint density at radius 3 is 2.75 bits per heavy atom. The molecule has 7 heteroatoms. The number of methoxy groups -OCH3 is 1. The molecule has 2 rings (SSSR count). The van der Waals surface area contributed by atoms with E-state index in [0.717, 1.165) is 0 Å². The summed E-state index contributed by atoms with van der Waals surface area (Å²) in [7, 11) is 1.51. The Morgan fingerprint density at radius 1 is 1.35 bits per heavy atom. The highest BCUT2D eigenvalue weighted by Gasteiger charge is 2.16. The minimum atomic E-state index is -0.458. The molecule has 0 fully saturated rings. The van der Waals surface area contributed by atoms with Crippen LogP contribution in [0.3, 0.4) is 0 Å². The van der Waals surface area contributed by atoms with Gasteiger partial charge in [0.05, 0.1) is 23.9 Å². The van der Waals surface area contributed by atoms with Gasteiger partial charge >= 0.3 is 0 Å². The molecule has 0 saturated carbocycles. The van der Waals surface area contributed by atoms with E-state index >= 15 is 0 Å². The number of hydrazine groups is 1. The molecule has 0 amide bonds. The Labute approximate surface area is 120 Å². The fraction of sp³-hybridized carbons (Fsp3) is 0.231. The molecule has 0 aliphatic heterocycles. The lowest BCUT2D eigenvalue weighted by Gasteiger charge is -2.16. The van der Waals surface area contributed by atoms with E-state index in [9.17, 15) is 4.39 Å². The van der Waals surface area contributed by atoms with E-state index in [1.54, 1.807) is 24.3 Å². The maximum atomic E-state index is 13.4. The van der Waals surface area contributed by atoms with Crippen molar-refractivity contribution in [2.75, 3.05) is 7.11 Å². The van der Waals surface area contributed by atoms with Crippen LogP contribution in [0.4, 0.5) is 4.39 Å². The quantitative estimate of drug-likeness (QED) is 0.652. The molecular formula is C13H14ClFN4O. The van der Waals surface area contributed by atoms with Crippen molar-refractivity contribution in [3.05, 3.63) is 52.4 Å². The Morgan fingerprint density at radius 2 is 2.15 bits per heavy atom. The number of aromatic nitrogens is 2. The summed E-state index contributed by atoms with van der Waals surface area (Å²) in [5, 5.41) is 7.98. The van der Waals surface area contributed by atoms with Gasteiger partial charge in [0.2, 0.25) is 5.88 Å². The maximum absolute atomic E-state index is 13.4. The van der Waals surface area contributed by atoms with Crippen LogP contribution in [0.5, 0.6) is 5.88 Å². The molecule has 1 heterocycles. The fourth-order valence-electron chi connectivity index (χ4n) is 1.80. The molecule has 1 aromatic heterocycles. The van der Waals surface area contributed by atoms with Crippen molar-refractivity contribution in [1.82, 2.24) is 15.6 Å². The van der Waals surface area contributed by atoms with Gasteiger partial charge in [-0.15, -0.1) is 5.10 Å². The molecule has 0 spiro atoms. The highest BCUT2D eigenvalue weighted by atomic mass is 35.5. The fourth-order valence-corrected chi connectivity index (χ4v) is 2.00. The number of nitrogens with zero attached hydrogens (tertiary/aromatic N) is 2. The summed E-state index contributed by atoms with van der Waals surface area (Å²) in [6.07, 6.45) is 0.397. The van der Waals surface area contributed by atoms with Crippen LogP contribution in [0.1, 0.15) is 17.3 Å². The lowest BCUT2D eigenvalue weighted by atomic mass is 10.0. The third kappa shape index (κ3) is 3.22. The van der Waals surface area contributed by atoms with Gasteiger partial charge in [0.1, 0.15) is 5.82 Å². The van der Waals surface area contributed by atoms with Gasteiger partial charge in [-0.2, -0.15) is 5.10 Å². The highest BCUT2D eigenvalue weighted by molar-refractivity contribution is 6.31. The van der Waals surface area contributed by atoms with E-state index in [1.807, 2.05) is 0 Å². The second-order valence-electron chi connectivity index (χ2n) is 4.14. The lowest BCUT2D eigenvalue weighted by molar-refractivity contribution is 0.389. The van der Waals surface area contributed by atoms with E-state index < -0.39 is 5.82 Å². The maximum Gasteiger partial charge on any atom is 0.233 e. The molecule has 20 heavy (non-hydrogen) atoms. The number of hydrogen-bond donors (Lipinski definition) is 2. The van der Waals surface area contributed by atoms with E-state index in [4.69, 9.17) is 22.2 Å². The van der Waals surface area contributed by atoms with Gasteiger partial charge in [-0.25, -0.2) is 4.39 Å². The Bertz CT molecular complexity index is 579. The topological polar surface area (TPSA) is 73.1 Å². The SMILES string of the molecule is COc1ccc(C(Cc2cccc(F)c2Cl)NN)nn1. The monoisotopic (exact) mass is 296 g/mol. The third-order valence-electron chi connectivity index (χ3n) is 2.88. The summed E-state index contributed by atoms with van der Waals surface area (Å²) < 4.78 is 18.3. The summed E-state index contributed by atoms with van der Waals surface area (Å²) in [6, 6.07) is 7.75. The predicted octanol–water partition coefficient (Wildman–Crippen LogP) is 2.02. The van der Waals surface area contributed by atoms with E-state index in [0.29, 0.717) is 23.6 Å². The van der Waals surface area contributed by atoms with Crippen LogP contribution in [0.2, 0.25) is 5.02 Å². The summed E-state index contributed by atoms with van der Waals surface area (Å²) in [4.78, 5) is 0. The minimum Gasteiger partial charge on any atom is -0.480 e. The molecule has 0 aliphatic carbocycles. The standard InChI is InChI=1S/C13H14ClFN4O/c1-20-12-6-5-10(18-19-12)11(17-16)7-8-3-2-4-9(15)13(8)14/h2-6,11,17H,7,16H2,1H3. The van der Waals surface area contributed by atoms with Crippen molar-refractivity contribution in [1.29, 1.82) is 0 Å². The predicted molar refractivity (Wildman–Crippen MR) is 73.8 cm³/mol. The molecule has 0 saturated heterocycles. The molecule has 1 atom stereocenters. The average Bonchev–Trinajstić information content (AvgIpc) is 2.49. The molecular weight excluding hydrogens is 283 g/mol. The normalized spacial score (nSPS) is 12.2. The van der Waals surface area contributed by atoms with Crippen molar-refractivity contribution in [3.63, 3.8) is 0 Å². The van der Waals surface area contributed by atoms with Gasteiger partial charge < -0.3 is 4.74 Å². The van der Waals surface area contributed by atoms with Crippen LogP contribution in [0, 0.1) is 5.82 Å². The van der Waals surface area contributed by atoms with Gasteiger partial charge in [-0.1, -0.05) is 23.7 Å². The molecule has 0 aliphatic rings. The largest absolute Gasteiger partial charge is 0.480 e. The molecule has 106 valence electrons. The molecule has 2 aromatic rings. The molecule has 0 bridgehead atoms. The molecule has 5 nitrogen and oxygen atoms in total. The summed E-state index contributed by atoms with van der Waals surface area (Å²) in [5.74, 6) is 5.48. The van der Waals surface area contributed by atoms with Crippen molar-refractivity contribution in [2.45, 2.75) is 12.5 Å². The van der Waals surface area contributed by atoms with Crippen molar-refractivity contribution < 1.29 is 9.13 Å². The van der Waals surface area contributed by atoms with Gasteiger partial charge in [0, 0.05) is 6.07 Å². The van der Waals surface area contributed by atoms with Gasteiger partial charge in [-0.3, -0.25) is 11.3 Å². The van der Waals surface area contributed by atoms with E-state index in [1.165, 1.54) is 13.2 Å². The number of benzene rings is 1. The summed E-state index contributed by atoms with van der Waals surface area (Å²) >= 11 is 5.93. The zero-order valence-electron chi connectivity index (χ0n) is 10.8. The number of nitrogens with two attached hydrogens (primary N) is 1. The number of ether oxygens (including phenoxy) is 1. The van der Waals surface area contributed by atoms with Crippen LogP contribution in [-0.2, 0) is 6.42 Å². The average molecular weight is 297 g/mol. The van der Waals surface area contributed by atoms with Gasteiger partial charge in [0.15, 0.2) is 0 Å². The van der Waals surface area contributed by atoms with Crippen molar-refractivity contribution in [2.24, 2.45) is 5.84 Å². The van der Waals surface area contributed by atoms with Crippen LogP contribution >= 0.6 is 11.6 Å². The zero-order valence-corrected chi connectivity index (χ0v) is 11.6. The zero-order chi connectivity index (χ0) is 14.5. The molecule has 1 aromatic carbocycles. The Kier molecular flexibility index (Phi) is 4.84.